The molecule has 0 radical (unpaired) electrons. The van der Waals surface area contributed by atoms with Gasteiger partial charge in [0.1, 0.15) is 0 Å². The summed E-state index contributed by atoms with van der Waals surface area (Å²) < 4.78 is 32.9. The van der Waals surface area contributed by atoms with Crippen LogP contribution in [0.3, 0.4) is 0 Å². The van der Waals surface area contributed by atoms with E-state index in [9.17, 15) is 13.2 Å². The number of rotatable bonds is 6. The minimum absolute atomic E-state index is 0.00811. The van der Waals surface area contributed by atoms with E-state index in [1.807, 2.05) is 30.3 Å². The van der Waals surface area contributed by atoms with Crippen LogP contribution in [-0.4, -0.2) is 50.5 Å². The highest BCUT2D eigenvalue weighted by atomic mass is 32.2. The van der Waals surface area contributed by atoms with E-state index in [2.05, 4.69) is 5.32 Å². The number of fused-ring (bicyclic) bond motifs is 2. The fourth-order valence-electron chi connectivity index (χ4n) is 3.70. The zero-order valence-corrected chi connectivity index (χ0v) is 15.0. The number of hydrogen-bond donors (Lipinski definition) is 1. The molecule has 3 atom stereocenters. The number of morpholine rings is 1. The predicted molar refractivity (Wildman–Crippen MR) is 93.1 cm³/mol. The molecule has 7 heteroatoms. The molecule has 3 aliphatic rings. The van der Waals surface area contributed by atoms with Crippen LogP contribution in [0.1, 0.15) is 24.8 Å². The van der Waals surface area contributed by atoms with E-state index in [-0.39, 0.29) is 36.3 Å². The topological polar surface area (TPSA) is 75.7 Å². The molecule has 136 valence electrons. The second kappa shape index (κ2) is 6.70. The van der Waals surface area contributed by atoms with E-state index in [1.54, 1.807) is 0 Å². The monoisotopic (exact) mass is 364 g/mol. The highest BCUT2D eigenvalue weighted by Crippen LogP contribution is 2.34. The molecule has 2 aliphatic heterocycles. The summed E-state index contributed by atoms with van der Waals surface area (Å²) in [5.41, 5.74) is 0.778. The molecule has 2 saturated heterocycles. The average Bonchev–Trinajstić information content (AvgIpc) is 3.37. The summed E-state index contributed by atoms with van der Waals surface area (Å²) >= 11 is 0. The van der Waals surface area contributed by atoms with Gasteiger partial charge in [0.15, 0.2) is 0 Å². The first-order valence-electron chi connectivity index (χ1n) is 8.96. The van der Waals surface area contributed by atoms with Crippen molar-refractivity contribution in [2.45, 2.75) is 37.2 Å². The second-order valence-corrected chi connectivity index (χ2v) is 9.35. The van der Waals surface area contributed by atoms with Crippen molar-refractivity contribution in [2.75, 3.05) is 19.6 Å². The zero-order valence-electron chi connectivity index (χ0n) is 14.1. The molecule has 6 nitrogen and oxygen atoms in total. The molecule has 2 bridgehead atoms. The van der Waals surface area contributed by atoms with Gasteiger partial charge in [0.2, 0.25) is 15.9 Å². The molecule has 1 aromatic carbocycles. The van der Waals surface area contributed by atoms with E-state index in [0.717, 1.165) is 12.1 Å². The molecule has 1 aliphatic carbocycles. The molecule has 1 aromatic rings. The Labute approximate surface area is 148 Å². The molecule has 0 unspecified atom stereocenters. The zero-order chi connectivity index (χ0) is 17.4. The minimum Gasteiger partial charge on any atom is -0.371 e. The van der Waals surface area contributed by atoms with Crippen LogP contribution >= 0.6 is 0 Å². The van der Waals surface area contributed by atoms with Gasteiger partial charge in [-0.25, -0.2) is 8.42 Å². The summed E-state index contributed by atoms with van der Waals surface area (Å²) in [6.07, 6.45) is 2.49. The van der Waals surface area contributed by atoms with E-state index >= 15 is 0 Å². The third-order valence-corrected chi connectivity index (χ3v) is 7.09. The van der Waals surface area contributed by atoms with Gasteiger partial charge in [-0.05, 0) is 30.7 Å². The number of ether oxygens (including phenoxy) is 1. The maximum atomic E-state index is 12.7. The third-order valence-electron chi connectivity index (χ3n) is 5.31. The number of nitrogens with zero attached hydrogens (tertiary/aromatic N) is 1. The lowest BCUT2D eigenvalue weighted by atomic mass is 9.99. The fraction of sp³-hybridized carbons (Fsp3) is 0.611. The highest BCUT2D eigenvalue weighted by molar-refractivity contribution is 7.88. The first kappa shape index (κ1) is 17.0. The molecule has 1 N–H and O–H groups in total. The van der Waals surface area contributed by atoms with Gasteiger partial charge in [0.05, 0.1) is 23.9 Å². The molecule has 1 amide bonds. The Hall–Kier alpha value is -1.44. The van der Waals surface area contributed by atoms with Crippen molar-refractivity contribution in [3.8, 4) is 0 Å². The minimum atomic E-state index is -3.41. The van der Waals surface area contributed by atoms with Crippen molar-refractivity contribution in [2.24, 2.45) is 11.8 Å². The average molecular weight is 364 g/mol. The van der Waals surface area contributed by atoms with Crippen LogP contribution in [0.5, 0.6) is 0 Å². The van der Waals surface area contributed by atoms with Gasteiger partial charge >= 0.3 is 0 Å². The maximum absolute atomic E-state index is 12.7. The lowest BCUT2D eigenvalue weighted by Crippen LogP contribution is -2.48. The molecule has 0 spiro atoms. The van der Waals surface area contributed by atoms with Crippen molar-refractivity contribution in [1.82, 2.24) is 9.62 Å². The van der Waals surface area contributed by atoms with E-state index in [0.29, 0.717) is 18.9 Å². The molecule has 1 saturated carbocycles. The largest absolute Gasteiger partial charge is 0.371 e. The Morgan fingerprint density at radius 1 is 1.20 bits per heavy atom. The van der Waals surface area contributed by atoms with Crippen LogP contribution in [0.4, 0.5) is 0 Å². The van der Waals surface area contributed by atoms with Crippen LogP contribution in [0.2, 0.25) is 0 Å². The standard InChI is InChI=1S/C18H24N2O4S/c21-18(19-9-13-6-7-13)16-8-15-10-20(11-17(16)24-15)25(22,23)12-14-4-2-1-3-5-14/h1-5,13,15-17H,6-12H2,(H,19,21)/t15-,16+,17-/m1/s1. The summed E-state index contributed by atoms with van der Waals surface area (Å²) in [5.74, 6) is 0.405. The Morgan fingerprint density at radius 3 is 2.68 bits per heavy atom. The van der Waals surface area contributed by atoms with Crippen LogP contribution < -0.4 is 5.32 Å². The van der Waals surface area contributed by atoms with Crippen LogP contribution in [0, 0.1) is 11.8 Å². The van der Waals surface area contributed by atoms with Crippen molar-refractivity contribution in [3.63, 3.8) is 0 Å². The first-order chi connectivity index (χ1) is 12.0. The first-order valence-corrected chi connectivity index (χ1v) is 10.6. The number of hydrogen-bond acceptors (Lipinski definition) is 4. The summed E-state index contributed by atoms with van der Waals surface area (Å²) in [7, 11) is -3.41. The molecule has 2 heterocycles. The lowest BCUT2D eigenvalue weighted by Gasteiger charge is -2.32. The molecule has 3 fully saturated rings. The number of nitrogens with one attached hydrogen (secondary N) is 1. The van der Waals surface area contributed by atoms with Gasteiger partial charge in [-0.1, -0.05) is 30.3 Å². The predicted octanol–water partition coefficient (Wildman–Crippen LogP) is 1.13. The van der Waals surface area contributed by atoms with Crippen LogP contribution in [0.25, 0.3) is 0 Å². The number of carbonyl (C=O) groups excluding carboxylic acids is 1. The second-order valence-electron chi connectivity index (χ2n) is 7.39. The van der Waals surface area contributed by atoms with E-state index < -0.39 is 10.0 Å². The van der Waals surface area contributed by atoms with Crippen LogP contribution in [-0.2, 0) is 25.3 Å². The van der Waals surface area contributed by atoms with Gasteiger partial charge in [0.25, 0.3) is 0 Å². The number of amides is 1. The highest BCUT2D eigenvalue weighted by Gasteiger charge is 2.47. The third kappa shape index (κ3) is 3.88. The van der Waals surface area contributed by atoms with Gasteiger partial charge in [0, 0.05) is 19.6 Å². The molecule has 0 aromatic heterocycles. The van der Waals surface area contributed by atoms with Gasteiger partial charge in [-0.15, -0.1) is 0 Å². The lowest BCUT2D eigenvalue weighted by molar-refractivity contribution is -0.127. The van der Waals surface area contributed by atoms with Gasteiger partial charge in [-0.3, -0.25) is 4.79 Å². The molecular weight excluding hydrogens is 340 g/mol. The number of carbonyl (C=O) groups is 1. The van der Waals surface area contributed by atoms with E-state index in [1.165, 1.54) is 17.1 Å². The SMILES string of the molecule is O=C(NCC1CC1)[C@H]1C[C@@H]2CN(S(=O)(=O)Cc3ccccc3)C[C@H]1O2. The summed E-state index contributed by atoms with van der Waals surface area (Å²) in [6, 6.07) is 9.19. The van der Waals surface area contributed by atoms with Crippen LogP contribution in [0.15, 0.2) is 30.3 Å². The van der Waals surface area contributed by atoms with Crippen molar-refractivity contribution in [3.05, 3.63) is 35.9 Å². The van der Waals surface area contributed by atoms with E-state index in [4.69, 9.17) is 4.74 Å². The number of benzene rings is 1. The van der Waals surface area contributed by atoms with Gasteiger partial charge < -0.3 is 10.1 Å². The summed E-state index contributed by atoms with van der Waals surface area (Å²) in [6.45, 7) is 1.36. The smallest absolute Gasteiger partial charge is 0.225 e. The van der Waals surface area contributed by atoms with Crippen molar-refractivity contribution >= 4 is 15.9 Å². The Balaban J connectivity index is 1.40. The Morgan fingerprint density at radius 2 is 1.96 bits per heavy atom. The Bertz CT molecular complexity index is 733. The maximum Gasteiger partial charge on any atom is 0.225 e. The molecular formula is C18H24N2O4S. The number of sulfonamides is 1. The molecule has 4 rings (SSSR count). The summed E-state index contributed by atoms with van der Waals surface area (Å²) in [4.78, 5) is 12.4. The quantitative estimate of drug-likeness (QED) is 0.821. The van der Waals surface area contributed by atoms with Crippen molar-refractivity contribution < 1.29 is 17.9 Å². The Kier molecular flexibility index (Phi) is 4.56. The molecule has 25 heavy (non-hydrogen) atoms. The van der Waals surface area contributed by atoms with Crippen molar-refractivity contribution in [1.29, 1.82) is 0 Å². The normalized spacial score (nSPS) is 29.5. The summed E-state index contributed by atoms with van der Waals surface area (Å²) in [5, 5.41) is 3.01. The fourth-order valence-corrected chi connectivity index (χ4v) is 5.26. The van der Waals surface area contributed by atoms with Gasteiger partial charge in [-0.2, -0.15) is 4.31 Å².